The summed E-state index contributed by atoms with van der Waals surface area (Å²) in [5.74, 6) is -0.311. The van der Waals surface area contributed by atoms with Crippen molar-refractivity contribution in [2.24, 2.45) is 0 Å². The minimum atomic E-state index is -0.198. The Balaban J connectivity index is 2.94. The third-order valence-electron chi connectivity index (χ3n) is 2.21. The van der Waals surface area contributed by atoms with Gasteiger partial charge in [-0.05, 0) is 18.2 Å². The highest BCUT2D eigenvalue weighted by Crippen LogP contribution is 2.21. The van der Waals surface area contributed by atoms with Gasteiger partial charge in [0, 0.05) is 31.5 Å². The third-order valence-corrected chi connectivity index (χ3v) is 2.93. The smallest absolute Gasteiger partial charge is 0.254 e. The van der Waals surface area contributed by atoms with Crippen molar-refractivity contribution < 1.29 is 9.59 Å². The standard InChI is InChI=1S/C12H14BrClN2O2/c1-16(2)12(18)9-7-8(3-4-10(9)14)15-11(17)5-6-13/h3-4,7H,5-6H2,1-2H3,(H,15,17). The van der Waals surface area contributed by atoms with Crippen molar-refractivity contribution in [2.75, 3.05) is 24.7 Å². The molecule has 0 aliphatic heterocycles. The monoisotopic (exact) mass is 332 g/mol. The SMILES string of the molecule is CN(C)C(=O)c1cc(NC(=O)CCBr)ccc1Cl. The lowest BCUT2D eigenvalue weighted by Crippen LogP contribution is -2.22. The number of anilines is 1. The Hall–Kier alpha value is -1.07. The summed E-state index contributed by atoms with van der Waals surface area (Å²) in [6.07, 6.45) is 0.375. The fourth-order valence-electron chi connectivity index (χ4n) is 1.32. The Morgan fingerprint density at radius 1 is 1.39 bits per heavy atom. The average Bonchev–Trinajstić information content (AvgIpc) is 2.31. The van der Waals surface area contributed by atoms with Crippen LogP contribution in [0.2, 0.25) is 5.02 Å². The second kappa shape index (κ2) is 6.75. The van der Waals surface area contributed by atoms with Crippen molar-refractivity contribution in [1.82, 2.24) is 4.90 Å². The second-order valence-corrected chi connectivity index (χ2v) is 5.08. The molecule has 0 radical (unpaired) electrons. The largest absolute Gasteiger partial charge is 0.345 e. The van der Waals surface area contributed by atoms with Crippen LogP contribution < -0.4 is 5.32 Å². The molecule has 1 aromatic rings. The lowest BCUT2D eigenvalue weighted by Gasteiger charge is -2.13. The molecule has 0 saturated heterocycles. The summed E-state index contributed by atoms with van der Waals surface area (Å²) in [5, 5.41) is 3.67. The van der Waals surface area contributed by atoms with Gasteiger partial charge in [0.05, 0.1) is 10.6 Å². The molecule has 0 spiro atoms. The number of nitrogens with one attached hydrogen (secondary N) is 1. The Kier molecular flexibility index (Phi) is 5.62. The summed E-state index contributed by atoms with van der Waals surface area (Å²) >= 11 is 9.15. The third kappa shape index (κ3) is 3.99. The molecular weight excluding hydrogens is 320 g/mol. The highest BCUT2D eigenvalue weighted by atomic mass is 79.9. The van der Waals surface area contributed by atoms with Gasteiger partial charge < -0.3 is 10.2 Å². The molecule has 6 heteroatoms. The maximum Gasteiger partial charge on any atom is 0.254 e. The number of alkyl halides is 1. The lowest BCUT2D eigenvalue weighted by molar-refractivity contribution is -0.115. The van der Waals surface area contributed by atoms with E-state index in [1.54, 1.807) is 32.3 Å². The first kappa shape index (κ1) is 15.0. The minimum Gasteiger partial charge on any atom is -0.345 e. The van der Waals surface area contributed by atoms with Crippen LogP contribution in [0.5, 0.6) is 0 Å². The summed E-state index contributed by atoms with van der Waals surface area (Å²) in [4.78, 5) is 24.7. The average molecular weight is 334 g/mol. The second-order valence-electron chi connectivity index (χ2n) is 3.88. The Bertz CT molecular complexity index is 463. The van der Waals surface area contributed by atoms with Crippen molar-refractivity contribution in [2.45, 2.75) is 6.42 Å². The summed E-state index contributed by atoms with van der Waals surface area (Å²) < 4.78 is 0. The first-order chi connectivity index (χ1) is 8.45. The molecule has 2 amide bonds. The van der Waals surface area contributed by atoms with E-state index in [1.165, 1.54) is 4.90 Å². The van der Waals surface area contributed by atoms with Crippen molar-refractivity contribution in [3.05, 3.63) is 28.8 Å². The quantitative estimate of drug-likeness (QED) is 0.861. The van der Waals surface area contributed by atoms with E-state index >= 15 is 0 Å². The Morgan fingerprint density at radius 2 is 2.06 bits per heavy atom. The number of hydrogen-bond acceptors (Lipinski definition) is 2. The summed E-state index contributed by atoms with van der Waals surface area (Å²) in [7, 11) is 3.30. The summed E-state index contributed by atoms with van der Waals surface area (Å²) in [5.41, 5.74) is 0.939. The molecule has 98 valence electrons. The molecule has 0 fully saturated rings. The molecule has 0 aliphatic rings. The van der Waals surface area contributed by atoms with Crippen LogP contribution in [0, 0.1) is 0 Å². The van der Waals surface area contributed by atoms with Gasteiger partial charge in [0.2, 0.25) is 5.91 Å². The van der Waals surface area contributed by atoms with Crippen LogP contribution in [0.1, 0.15) is 16.8 Å². The number of rotatable bonds is 4. The van der Waals surface area contributed by atoms with Crippen molar-refractivity contribution in [3.8, 4) is 0 Å². The maximum absolute atomic E-state index is 11.9. The molecular formula is C12H14BrClN2O2. The molecule has 1 rings (SSSR count). The van der Waals surface area contributed by atoms with Gasteiger partial charge in [-0.3, -0.25) is 9.59 Å². The molecule has 1 N–H and O–H groups in total. The number of benzene rings is 1. The van der Waals surface area contributed by atoms with E-state index in [0.29, 0.717) is 28.0 Å². The zero-order chi connectivity index (χ0) is 13.7. The van der Waals surface area contributed by atoms with E-state index in [1.807, 2.05) is 0 Å². The molecule has 0 bridgehead atoms. The zero-order valence-corrected chi connectivity index (χ0v) is 12.5. The minimum absolute atomic E-state index is 0.113. The highest BCUT2D eigenvalue weighted by Gasteiger charge is 2.13. The lowest BCUT2D eigenvalue weighted by atomic mass is 10.1. The van der Waals surface area contributed by atoms with Gasteiger partial charge in [0.25, 0.3) is 5.91 Å². The number of carbonyl (C=O) groups excluding carboxylic acids is 2. The molecule has 0 saturated carbocycles. The van der Waals surface area contributed by atoms with E-state index in [2.05, 4.69) is 21.2 Å². The number of hydrogen-bond donors (Lipinski definition) is 1. The topological polar surface area (TPSA) is 49.4 Å². The van der Waals surface area contributed by atoms with Crippen molar-refractivity contribution in [3.63, 3.8) is 0 Å². The molecule has 4 nitrogen and oxygen atoms in total. The maximum atomic E-state index is 11.9. The Labute approximate surface area is 119 Å². The predicted octanol–water partition coefficient (Wildman–Crippen LogP) is 2.77. The molecule has 0 aliphatic carbocycles. The van der Waals surface area contributed by atoms with Gasteiger partial charge >= 0.3 is 0 Å². The Morgan fingerprint density at radius 3 is 2.61 bits per heavy atom. The van der Waals surface area contributed by atoms with E-state index < -0.39 is 0 Å². The van der Waals surface area contributed by atoms with Crippen LogP contribution >= 0.6 is 27.5 Å². The van der Waals surface area contributed by atoms with E-state index in [-0.39, 0.29) is 11.8 Å². The summed E-state index contributed by atoms with van der Waals surface area (Å²) in [6.45, 7) is 0. The van der Waals surface area contributed by atoms with Crippen LogP contribution in [0.15, 0.2) is 18.2 Å². The highest BCUT2D eigenvalue weighted by molar-refractivity contribution is 9.09. The van der Waals surface area contributed by atoms with Crippen molar-refractivity contribution >= 4 is 45.0 Å². The molecule has 1 aromatic carbocycles. The van der Waals surface area contributed by atoms with Crippen LogP contribution in [0.4, 0.5) is 5.69 Å². The number of nitrogens with zero attached hydrogens (tertiary/aromatic N) is 1. The molecule has 0 atom stereocenters. The van der Waals surface area contributed by atoms with Crippen LogP contribution in [0.3, 0.4) is 0 Å². The molecule has 0 unspecified atom stereocenters. The predicted molar refractivity (Wildman–Crippen MR) is 76.5 cm³/mol. The molecule has 0 aromatic heterocycles. The normalized spacial score (nSPS) is 10.0. The molecule has 0 heterocycles. The number of halogens is 2. The van der Waals surface area contributed by atoms with Crippen molar-refractivity contribution in [1.29, 1.82) is 0 Å². The number of amides is 2. The van der Waals surface area contributed by atoms with Gasteiger partial charge in [-0.15, -0.1) is 0 Å². The first-order valence-electron chi connectivity index (χ1n) is 5.32. The molecule has 18 heavy (non-hydrogen) atoms. The van der Waals surface area contributed by atoms with E-state index in [4.69, 9.17) is 11.6 Å². The number of carbonyl (C=O) groups is 2. The van der Waals surface area contributed by atoms with Gasteiger partial charge in [0.15, 0.2) is 0 Å². The van der Waals surface area contributed by atoms with Crippen LogP contribution in [-0.4, -0.2) is 36.1 Å². The van der Waals surface area contributed by atoms with Gasteiger partial charge in [0.1, 0.15) is 0 Å². The fourth-order valence-corrected chi connectivity index (χ4v) is 1.88. The fraction of sp³-hybridized carbons (Fsp3) is 0.333. The van der Waals surface area contributed by atoms with E-state index in [0.717, 1.165) is 0 Å². The van der Waals surface area contributed by atoms with Gasteiger partial charge in [-0.2, -0.15) is 0 Å². The van der Waals surface area contributed by atoms with Crippen LogP contribution in [0.25, 0.3) is 0 Å². The zero-order valence-electron chi connectivity index (χ0n) is 10.2. The van der Waals surface area contributed by atoms with Gasteiger partial charge in [-0.25, -0.2) is 0 Å². The summed E-state index contributed by atoms with van der Waals surface area (Å²) in [6, 6.07) is 4.85. The van der Waals surface area contributed by atoms with E-state index in [9.17, 15) is 9.59 Å². The van der Waals surface area contributed by atoms with Gasteiger partial charge in [-0.1, -0.05) is 27.5 Å². The first-order valence-corrected chi connectivity index (χ1v) is 6.82. The van der Waals surface area contributed by atoms with Crippen LogP contribution in [-0.2, 0) is 4.79 Å².